The van der Waals surface area contributed by atoms with Crippen molar-refractivity contribution in [2.45, 2.75) is 25.4 Å². The SMILES string of the molecule is Cc1cc(C)c(C(Cl)c2ccc(Br)c(C(F)(F)F)c2)s1. The molecule has 20 heavy (non-hydrogen) atoms. The van der Waals surface area contributed by atoms with E-state index in [9.17, 15) is 13.2 Å². The highest BCUT2D eigenvalue weighted by Gasteiger charge is 2.33. The number of halogens is 5. The van der Waals surface area contributed by atoms with Crippen LogP contribution in [0.2, 0.25) is 0 Å². The molecular formula is C14H11BrClF3S. The molecule has 1 heterocycles. The summed E-state index contributed by atoms with van der Waals surface area (Å²) in [4.78, 5) is 1.98. The van der Waals surface area contributed by atoms with Crippen LogP contribution >= 0.6 is 38.9 Å². The van der Waals surface area contributed by atoms with E-state index < -0.39 is 17.1 Å². The van der Waals surface area contributed by atoms with Gasteiger partial charge in [0.1, 0.15) is 0 Å². The number of hydrogen-bond donors (Lipinski definition) is 0. The molecule has 0 N–H and O–H groups in total. The van der Waals surface area contributed by atoms with Crippen LogP contribution in [0.3, 0.4) is 0 Å². The largest absolute Gasteiger partial charge is 0.417 e. The maximum absolute atomic E-state index is 12.9. The molecule has 2 rings (SSSR count). The Balaban J connectivity index is 2.46. The zero-order valence-corrected chi connectivity index (χ0v) is 13.8. The average Bonchev–Trinajstić information content (AvgIpc) is 2.66. The van der Waals surface area contributed by atoms with Gasteiger partial charge < -0.3 is 0 Å². The van der Waals surface area contributed by atoms with Crippen LogP contribution in [0.4, 0.5) is 13.2 Å². The average molecular weight is 384 g/mol. The second-order valence-electron chi connectivity index (χ2n) is 4.50. The molecule has 0 bridgehead atoms. The lowest BCUT2D eigenvalue weighted by Gasteiger charge is -2.14. The smallest absolute Gasteiger partial charge is 0.166 e. The van der Waals surface area contributed by atoms with E-state index in [1.807, 2.05) is 19.9 Å². The van der Waals surface area contributed by atoms with Crippen molar-refractivity contribution >= 4 is 38.9 Å². The lowest BCUT2D eigenvalue weighted by atomic mass is 10.0. The number of alkyl halides is 4. The van der Waals surface area contributed by atoms with Gasteiger partial charge in [-0.2, -0.15) is 13.2 Å². The summed E-state index contributed by atoms with van der Waals surface area (Å²) < 4.78 is 38.7. The highest BCUT2D eigenvalue weighted by atomic mass is 79.9. The van der Waals surface area contributed by atoms with Crippen molar-refractivity contribution in [1.29, 1.82) is 0 Å². The fraction of sp³-hybridized carbons (Fsp3) is 0.286. The van der Waals surface area contributed by atoms with E-state index in [1.54, 1.807) is 6.07 Å². The molecule has 0 amide bonds. The van der Waals surface area contributed by atoms with Crippen LogP contribution in [0.25, 0.3) is 0 Å². The Morgan fingerprint density at radius 2 is 1.85 bits per heavy atom. The Labute approximate surface area is 132 Å². The summed E-state index contributed by atoms with van der Waals surface area (Å²) in [5, 5.41) is -0.567. The van der Waals surface area contributed by atoms with Crippen LogP contribution in [-0.2, 0) is 6.18 Å². The summed E-state index contributed by atoms with van der Waals surface area (Å²) >= 11 is 10.8. The van der Waals surface area contributed by atoms with E-state index >= 15 is 0 Å². The lowest BCUT2D eigenvalue weighted by Crippen LogP contribution is -2.07. The Morgan fingerprint density at radius 3 is 2.35 bits per heavy atom. The first-order valence-electron chi connectivity index (χ1n) is 5.78. The third kappa shape index (κ3) is 3.21. The van der Waals surface area contributed by atoms with Gasteiger partial charge in [-0.3, -0.25) is 0 Å². The maximum Gasteiger partial charge on any atom is 0.417 e. The molecule has 108 valence electrons. The van der Waals surface area contributed by atoms with Gasteiger partial charge in [0.2, 0.25) is 0 Å². The van der Waals surface area contributed by atoms with Crippen LogP contribution in [0.1, 0.15) is 31.8 Å². The topological polar surface area (TPSA) is 0 Å². The number of hydrogen-bond acceptors (Lipinski definition) is 1. The van der Waals surface area contributed by atoms with Gasteiger partial charge in [-0.15, -0.1) is 22.9 Å². The highest BCUT2D eigenvalue weighted by Crippen LogP contribution is 2.41. The molecule has 1 aromatic heterocycles. The molecule has 0 spiro atoms. The van der Waals surface area contributed by atoms with Crippen molar-refractivity contribution < 1.29 is 13.2 Å². The molecule has 0 saturated carbocycles. The summed E-state index contributed by atoms with van der Waals surface area (Å²) in [7, 11) is 0. The molecule has 2 aromatic rings. The van der Waals surface area contributed by atoms with Crippen molar-refractivity contribution in [3.05, 3.63) is 55.2 Å². The van der Waals surface area contributed by atoms with Crippen LogP contribution in [0.5, 0.6) is 0 Å². The minimum atomic E-state index is -4.40. The summed E-state index contributed by atoms with van der Waals surface area (Å²) in [5.74, 6) is 0. The van der Waals surface area contributed by atoms with Crippen LogP contribution in [0, 0.1) is 13.8 Å². The Hall–Kier alpha value is -0.520. The number of aryl methyl sites for hydroxylation is 2. The molecule has 0 aliphatic rings. The summed E-state index contributed by atoms with van der Waals surface area (Å²) in [6, 6.07) is 6.10. The van der Waals surface area contributed by atoms with Gasteiger partial charge in [-0.25, -0.2) is 0 Å². The predicted molar refractivity (Wildman–Crippen MR) is 80.6 cm³/mol. The Morgan fingerprint density at radius 1 is 1.20 bits per heavy atom. The molecular weight excluding hydrogens is 373 g/mol. The molecule has 0 radical (unpaired) electrons. The lowest BCUT2D eigenvalue weighted by molar-refractivity contribution is -0.138. The van der Waals surface area contributed by atoms with Gasteiger partial charge >= 0.3 is 6.18 Å². The van der Waals surface area contributed by atoms with Crippen molar-refractivity contribution in [3.63, 3.8) is 0 Å². The molecule has 1 unspecified atom stereocenters. The zero-order valence-electron chi connectivity index (χ0n) is 10.7. The van der Waals surface area contributed by atoms with Gasteiger partial charge in [-0.05, 0) is 43.2 Å². The van der Waals surface area contributed by atoms with Crippen LogP contribution in [-0.4, -0.2) is 0 Å². The third-order valence-corrected chi connectivity index (χ3v) is 5.41. The molecule has 0 fully saturated rings. The minimum absolute atomic E-state index is 0.0247. The van der Waals surface area contributed by atoms with Gasteiger partial charge in [0.05, 0.1) is 10.9 Å². The quantitative estimate of drug-likeness (QED) is 0.521. The van der Waals surface area contributed by atoms with E-state index in [2.05, 4.69) is 15.9 Å². The number of benzene rings is 1. The molecule has 1 atom stereocenters. The number of rotatable bonds is 2. The van der Waals surface area contributed by atoms with Crippen LogP contribution < -0.4 is 0 Å². The third-order valence-electron chi connectivity index (χ3n) is 2.90. The van der Waals surface area contributed by atoms with E-state index in [4.69, 9.17) is 11.6 Å². The fourth-order valence-electron chi connectivity index (χ4n) is 1.98. The second-order valence-corrected chi connectivity index (χ2v) is 7.08. The fourth-order valence-corrected chi connectivity index (χ4v) is 3.94. The predicted octanol–water partition coefficient (Wildman–Crippen LogP) is 6.47. The number of thiophene rings is 1. The van der Waals surface area contributed by atoms with E-state index in [-0.39, 0.29) is 4.47 Å². The normalized spacial score (nSPS) is 13.6. The maximum atomic E-state index is 12.9. The second kappa shape index (κ2) is 5.70. The summed E-state index contributed by atoms with van der Waals surface area (Å²) in [5.41, 5.74) is 0.753. The first kappa shape index (κ1) is 15.9. The highest BCUT2D eigenvalue weighted by molar-refractivity contribution is 9.10. The minimum Gasteiger partial charge on any atom is -0.166 e. The first-order valence-corrected chi connectivity index (χ1v) is 7.82. The molecule has 0 aliphatic heterocycles. The summed E-state index contributed by atoms with van der Waals surface area (Å²) in [6.07, 6.45) is -4.40. The first-order chi connectivity index (χ1) is 9.20. The Kier molecular flexibility index (Phi) is 4.52. The van der Waals surface area contributed by atoms with Gasteiger partial charge in [-0.1, -0.05) is 22.0 Å². The van der Waals surface area contributed by atoms with Gasteiger partial charge in [0, 0.05) is 14.2 Å². The van der Waals surface area contributed by atoms with E-state index in [0.717, 1.165) is 21.4 Å². The van der Waals surface area contributed by atoms with Crippen LogP contribution in [0.15, 0.2) is 28.7 Å². The van der Waals surface area contributed by atoms with Crippen molar-refractivity contribution in [1.82, 2.24) is 0 Å². The van der Waals surface area contributed by atoms with E-state index in [0.29, 0.717) is 5.56 Å². The standard InChI is InChI=1S/C14H11BrClF3S/c1-7-5-8(2)20-13(7)12(16)9-3-4-11(15)10(6-9)14(17,18)19/h3-6,12H,1-2H3. The molecule has 6 heteroatoms. The zero-order chi connectivity index (χ0) is 15.1. The molecule has 0 saturated heterocycles. The van der Waals surface area contributed by atoms with Crippen molar-refractivity contribution in [2.24, 2.45) is 0 Å². The molecule has 0 aliphatic carbocycles. The molecule has 0 nitrogen and oxygen atoms in total. The summed E-state index contributed by atoms with van der Waals surface area (Å²) in [6.45, 7) is 3.87. The monoisotopic (exact) mass is 382 g/mol. The van der Waals surface area contributed by atoms with Crippen molar-refractivity contribution in [3.8, 4) is 0 Å². The van der Waals surface area contributed by atoms with E-state index in [1.165, 1.54) is 17.4 Å². The van der Waals surface area contributed by atoms with Gasteiger partial charge in [0.15, 0.2) is 0 Å². The Bertz CT molecular complexity index is 634. The molecule has 1 aromatic carbocycles. The van der Waals surface area contributed by atoms with Gasteiger partial charge in [0.25, 0.3) is 0 Å². The van der Waals surface area contributed by atoms with Crippen molar-refractivity contribution in [2.75, 3.05) is 0 Å².